The van der Waals surface area contributed by atoms with Crippen LogP contribution in [0.1, 0.15) is 15.2 Å². The number of nitrogens with two attached hydrogens (primary N) is 2. The zero-order chi connectivity index (χ0) is 8.36. The molecule has 4 heteroatoms. The van der Waals surface area contributed by atoms with Crippen molar-refractivity contribution in [3.8, 4) is 0 Å². The lowest BCUT2D eigenvalue weighted by Crippen LogP contribution is -2.60. The molecule has 0 aliphatic carbocycles. The van der Waals surface area contributed by atoms with E-state index in [4.69, 9.17) is 17.9 Å². The molecule has 0 bridgehead atoms. The molecule has 0 aliphatic heterocycles. The van der Waals surface area contributed by atoms with Crippen molar-refractivity contribution in [1.82, 2.24) is 0 Å². The Hall–Kier alpha value is -0.610. The SMILES string of the molecule is [2H]CC(C)C(N)(N)C(=O)O. The van der Waals surface area contributed by atoms with Crippen LogP contribution in [-0.2, 0) is 4.79 Å². The molecule has 4 nitrogen and oxygen atoms in total. The molecule has 0 rings (SSSR count). The first-order valence-electron chi connectivity index (χ1n) is 3.24. The summed E-state index contributed by atoms with van der Waals surface area (Å²) in [4.78, 5) is 10.3. The van der Waals surface area contributed by atoms with Crippen molar-refractivity contribution in [3.63, 3.8) is 0 Å². The molecule has 0 amide bonds. The highest BCUT2D eigenvalue weighted by atomic mass is 16.4. The lowest BCUT2D eigenvalue weighted by molar-refractivity contribution is -0.144. The number of carboxylic acid groups (broad SMARTS) is 1. The summed E-state index contributed by atoms with van der Waals surface area (Å²) in [6, 6.07) is 0. The van der Waals surface area contributed by atoms with Crippen molar-refractivity contribution >= 4 is 5.97 Å². The Labute approximate surface area is 55.2 Å². The van der Waals surface area contributed by atoms with E-state index in [1.54, 1.807) is 0 Å². The molecule has 5 N–H and O–H groups in total. The van der Waals surface area contributed by atoms with Crippen molar-refractivity contribution in [3.05, 3.63) is 0 Å². The highest BCUT2D eigenvalue weighted by Gasteiger charge is 2.32. The Balaban J connectivity index is 4.23. The van der Waals surface area contributed by atoms with Gasteiger partial charge in [0.2, 0.25) is 0 Å². The van der Waals surface area contributed by atoms with Gasteiger partial charge in [-0.25, -0.2) is 4.79 Å². The van der Waals surface area contributed by atoms with Crippen molar-refractivity contribution in [2.45, 2.75) is 19.5 Å². The average molecular weight is 133 g/mol. The lowest BCUT2D eigenvalue weighted by atomic mass is 9.99. The fourth-order valence-corrected chi connectivity index (χ4v) is 0.211. The third-order valence-electron chi connectivity index (χ3n) is 1.19. The van der Waals surface area contributed by atoms with Crippen molar-refractivity contribution < 1.29 is 11.3 Å². The highest BCUT2D eigenvalue weighted by Crippen LogP contribution is 2.05. The van der Waals surface area contributed by atoms with Crippen LogP contribution >= 0.6 is 0 Å². The third-order valence-corrected chi connectivity index (χ3v) is 1.19. The van der Waals surface area contributed by atoms with Gasteiger partial charge in [0.15, 0.2) is 5.66 Å². The molecular weight excluding hydrogens is 120 g/mol. The van der Waals surface area contributed by atoms with Crippen LogP contribution in [0.15, 0.2) is 0 Å². The molecule has 0 heterocycles. The Morgan fingerprint density at radius 3 is 2.44 bits per heavy atom. The van der Waals surface area contributed by atoms with Crippen LogP contribution in [0.2, 0.25) is 0 Å². The van der Waals surface area contributed by atoms with Gasteiger partial charge in [-0.1, -0.05) is 13.8 Å². The van der Waals surface area contributed by atoms with E-state index in [1.807, 2.05) is 0 Å². The zero-order valence-corrected chi connectivity index (χ0v) is 5.29. The maximum atomic E-state index is 10.3. The number of hydrogen-bond donors (Lipinski definition) is 3. The van der Waals surface area contributed by atoms with Gasteiger partial charge < -0.3 is 16.6 Å². The first-order valence-corrected chi connectivity index (χ1v) is 2.53. The summed E-state index contributed by atoms with van der Waals surface area (Å²) >= 11 is 0. The predicted molar refractivity (Wildman–Crippen MR) is 33.6 cm³/mol. The molecule has 0 aromatic heterocycles. The standard InChI is InChI=1S/C5H12N2O2/c1-3(2)5(6,7)4(8)9/h3H,6-7H2,1-2H3,(H,8,9)/i1D. The highest BCUT2D eigenvalue weighted by molar-refractivity contribution is 5.77. The minimum absolute atomic E-state index is 0.0840. The van der Waals surface area contributed by atoms with Crippen molar-refractivity contribution in [2.75, 3.05) is 0 Å². The zero-order valence-electron chi connectivity index (χ0n) is 6.29. The Kier molecular flexibility index (Phi) is 1.68. The van der Waals surface area contributed by atoms with Gasteiger partial charge in [-0.15, -0.1) is 0 Å². The normalized spacial score (nSPS) is 16.6. The molecular formula is C5H12N2O2. The van der Waals surface area contributed by atoms with Gasteiger partial charge in [-0.2, -0.15) is 0 Å². The number of carboxylic acids is 1. The molecule has 0 aromatic rings. The smallest absolute Gasteiger partial charge is 0.338 e. The van der Waals surface area contributed by atoms with E-state index in [1.165, 1.54) is 6.92 Å². The second kappa shape index (κ2) is 2.33. The summed E-state index contributed by atoms with van der Waals surface area (Å²) in [5, 5.41) is 8.41. The molecule has 54 valence electrons. The molecule has 0 radical (unpaired) electrons. The van der Waals surface area contributed by atoms with E-state index in [0.29, 0.717) is 0 Å². The number of carbonyl (C=O) groups is 1. The van der Waals surface area contributed by atoms with Gasteiger partial charge in [0.05, 0.1) is 0 Å². The minimum Gasteiger partial charge on any atom is -0.479 e. The monoisotopic (exact) mass is 133 g/mol. The summed E-state index contributed by atoms with van der Waals surface area (Å²) in [5.41, 5.74) is 8.58. The van der Waals surface area contributed by atoms with Crippen LogP contribution < -0.4 is 11.5 Å². The van der Waals surface area contributed by atoms with E-state index >= 15 is 0 Å². The molecule has 0 aliphatic rings. The van der Waals surface area contributed by atoms with Crippen LogP contribution in [0, 0.1) is 5.92 Å². The van der Waals surface area contributed by atoms with Gasteiger partial charge in [-0.3, -0.25) is 0 Å². The predicted octanol–water partition coefficient (Wildman–Crippen LogP) is -0.659. The number of aliphatic carboxylic acids is 1. The quantitative estimate of drug-likeness (QED) is 0.436. The van der Waals surface area contributed by atoms with E-state index in [9.17, 15) is 4.79 Å². The Morgan fingerprint density at radius 1 is 1.89 bits per heavy atom. The average Bonchev–Trinajstić information content (AvgIpc) is 1.86. The van der Waals surface area contributed by atoms with Crippen molar-refractivity contribution in [2.24, 2.45) is 17.4 Å². The summed E-state index contributed by atoms with van der Waals surface area (Å²) in [6.07, 6.45) is 0. The summed E-state index contributed by atoms with van der Waals surface area (Å²) < 4.78 is 6.83. The van der Waals surface area contributed by atoms with Crippen LogP contribution in [0.4, 0.5) is 0 Å². The molecule has 1 atom stereocenters. The largest absolute Gasteiger partial charge is 0.479 e. The first-order chi connectivity index (χ1) is 4.42. The van der Waals surface area contributed by atoms with E-state index < -0.39 is 17.6 Å². The molecule has 0 spiro atoms. The Morgan fingerprint density at radius 2 is 2.33 bits per heavy atom. The molecule has 0 saturated heterocycles. The second-order valence-electron chi connectivity index (χ2n) is 2.14. The molecule has 0 aromatic carbocycles. The Bertz CT molecular complexity index is 138. The summed E-state index contributed by atoms with van der Waals surface area (Å²) in [7, 11) is 0. The fraction of sp³-hybridized carbons (Fsp3) is 0.800. The third kappa shape index (κ3) is 1.65. The maximum absolute atomic E-state index is 10.3. The van der Waals surface area contributed by atoms with E-state index in [2.05, 4.69) is 0 Å². The summed E-state index contributed by atoms with van der Waals surface area (Å²) in [6.45, 7) is 1.44. The van der Waals surface area contributed by atoms with Gasteiger partial charge in [0.25, 0.3) is 0 Å². The minimum atomic E-state index is -1.76. The van der Waals surface area contributed by atoms with Gasteiger partial charge >= 0.3 is 5.97 Å². The number of rotatable bonds is 2. The molecule has 1 unspecified atom stereocenters. The van der Waals surface area contributed by atoms with Crippen LogP contribution in [0.5, 0.6) is 0 Å². The van der Waals surface area contributed by atoms with Gasteiger partial charge in [-0.05, 0) is 5.92 Å². The summed E-state index contributed by atoms with van der Waals surface area (Å²) in [5.74, 6) is -1.81. The van der Waals surface area contributed by atoms with E-state index in [-0.39, 0.29) is 6.90 Å². The van der Waals surface area contributed by atoms with Gasteiger partial charge in [0, 0.05) is 1.37 Å². The number of hydrogen-bond acceptors (Lipinski definition) is 3. The van der Waals surface area contributed by atoms with Gasteiger partial charge in [0.1, 0.15) is 0 Å². The molecule has 9 heavy (non-hydrogen) atoms. The second-order valence-corrected chi connectivity index (χ2v) is 2.14. The topological polar surface area (TPSA) is 89.3 Å². The van der Waals surface area contributed by atoms with Crippen LogP contribution in [0.3, 0.4) is 0 Å². The first kappa shape index (κ1) is 6.51. The van der Waals surface area contributed by atoms with Crippen LogP contribution in [-0.4, -0.2) is 16.7 Å². The lowest BCUT2D eigenvalue weighted by Gasteiger charge is -2.22. The van der Waals surface area contributed by atoms with Crippen molar-refractivity contribution in [1.29, 1.82) is 0 Å². The maximum Gasteiger partial charge on any atom is 0.338 e. The fourth-order valence-electron chi connectivity index (χ4n) is 0.211. The molecule has 0 fully saturated rings. The van der Waals surface area contributed by atoms with E-state index in [0.717, 1.165) is 0 Å². The molecule has 0 saturated carbocycles. The van der Waals surface area contributed by atoms with Crippen LogP contribution in [0.25, 0.3) is 0 Å².